The molecule has 2 aliphatic rings. The first-order chi connectivity index (χ1) is 6.74. The van der Waals surface area contributed by atoms with Crippen LogP contribution in [-0.2, 0) is 0 Å². The van der Waals surface area contributed by atoms with E-state index in [2.05, 4.69) is 22.5 Å². The fourth-order valence-electron chi connectivity index (χ4n) is 1.73. The van der Waals surface area contributed by atoms with E-state index in [0.717, 1.165) is 17.1 Å². The van der Waals surface area contributed by atoms with Crippen LogP contribution in [-0.4, -0.2) is 23.7 Å². The van der Waals surface area contributed by atoms with Crippen molar-refractivity contribution in [1.29, 1.82) is 0 Å². The van der Waals surface area contributed by atoms with Gasteiger partial charge in [0.25, 0.3) is 0 Å². The first-order valence-electron chi connectivity index (χ1n) is 4.51. The molecule has 3 nitrogen and oxygen atoms in total. The monoisotopic (exact) mass is 187 g/mol. The highest BCUT2D eigenvalue weighted by Crippen LogP contribution is 2.24. The van der Waals surface area contributed by atoms with Crippen LogP contribution in [0, 0.1) is 0 Å². The fourth-order valence-corrected chi connectivity index (χ4v) is 1.73. The summed E-state index contributed by atoms with van der Waals surface area (Å²) in [6.45, 7) is 3.87. The van der Waals surface area contributed by atoms with Crippen LogP contribution in [0.25, 0.3) is 0 Å². The van der Waals surface area contributed by atoms with Gasteiger partial charge >= 0.3 is 0 Å². The van der Waals surface area contributed by atoms with E-state index in [1.807, 2.05) is 25.3 Å². The average Bonchev–Trinajstić information content (AvgIpc) is 2.18. The van der Waals surface area contributed by atoms with Gasteiger partial charge in [0, 0.05) is 13.2 Å². The van der Waals surface area contributed by atoms with Gasteiger partial charge in [0.2, 0.25) is 0 Å². The van der Waals surface area contributed by atoms with Gasteiger partial charge in [-0.3, -0.25) is 0 Å². The predicted molar refractivity (Wildman–Crippen MR) is 58.7 cm³/mol. The van der Waals surface area contributed by atoms with Crippen molar-refractivity contribution in [2.75, 3.05) is 7.05 Å². The van der Waals surface area contributed by atoms with E-state index in [4.69, 9.17) is 5.73 Å². The Morgan fingerprint density at radius 2 is 2.36 bits per heavy atom. The third-order valence-electron chi connectivity index (χ3n) is 2.49. The Bertz CT molecular complexity index is 385. The molecule has 1 atom stereocenters. The molecular weight excluding hydrogens is 174 g/mol. The van der Waals surface area contributed by atoms with E-state index < -0.39 is 0 Å². The summed E-state index contributed by atoms with van der Waals surface area (Å²) in [5.41, 5.74) is 8.16. The van der Waals surface area contributed by atoms with Crippen LogP contribution in [0.5, 0.6) is 0 Å². The molecule has 0 aromatic heterocycles. The first-order valence-corrected chi connectivity index (χ1v) is 4.51. The van der Waals surface area contributed by atoms with E-state index in [1.165, 1.54) is 0 Å². The summed E-state index contributed by atoms with van der Waals surface area (Å²) < 4.78 is 0. The summed E-state index contributed by atoms with van der Waals surface area (Å²) >= 11 is 0. The number of nitrogens with zero attached hydrogens (tertiary/aromatic N) is 2. The zero-order chi connectivity index (χ0) is 10.1. The van der Waals surface area contributed by atoms with Gasteiger partial charge in [-0.1, -0.05) is 24.8 Å². The molecule has 2 N–H and O–H groups in total. The second-order valence-electron chi connectivity index (χ2n) is 3.34. The third kappa shape index (κ3) is 1.18. The van der Waals surface area contributed by atoms with E-state index in [-0.39, 0.29) is 6.04 Å². The SMILES string of the molecule is C=C1N=C2C=CC=C[C@@H]2N(C)/C1=C/N. The number of hydrogen-bond acceptors (Lipinski definition) is 3. The van der Waals surface area contributed by atoms with Gasteiger partial charge < -0.3 is 10.6 Å². The quantitative estimate of drug-likeness (QED) is 0.618. The highest BCUT2D eigenvalue weighted by atomic mass is 15.2. The van der Waals surface area contributed by atoms with Crippen molar-refractivity contribution in [3.8, 4) is 0 Å². The van der Waals surface area contributed by atoms with Crippen LogP contribution in [0.3, 0.4) is 0 Å². The number of hydrogen-bond donors (Lipinski definition) is 1. The van der Waals surface area contributed by atoms with Gasteiger partial charge in [0.05, 0.1) is 23.1 Å². The molecule has 1 heterocycles. The zero-order valence-corrected chi connectivity index (χ0v) is 8.14. The lowest BCUT2D eigenvalue weighted by atomic mass is 10.0. The van der Waals surface area contributed by atoms with Crippen LogP contribution in [0.15, 0.2) is 53.5 Å². The molecule has 0 spiro atoms. The van der Waals surface area contributed by atoms with Crippen molar-refractivity contribution in [3.05, 3.63) is 48.5 Å². The smallest absolute Gasteiger partial charge is 0.0898 e. The van der Waals surface area contributed by atoms with Gasteiger partial charge in [-0.05, 0) is 6.08 Å². The number of nitrogens with two attached hydrogens (primary N) is 1. The lowest BCUT2D eigenvalue weighted by Gasteiger charge is -2.34. The minimum absolute atomic E-state index is 0.195. The van der Waals surface area contributed by atoms with Crippen molar-refractivity contribution < 1.29 is 0 Å². The normalized spacial score (nSPS) is 27.9. The Labute approximate surface area is 83.6 Å². The Hall–Kier alpha value is -1.77. The summed E-state index contributed by atoms with van der Waals surface area (Å²) in [7, 11) is 1.99. The molecule has 72 valence electrons. The molecule has 0 amide bonds. The summed E-state index contributed by atoms with van der Waals surface area (Å²) in [6.07, 6.45) is 9.64. The summed E-state index contributed by atoms with van der Waals surface area (Å²) in [4.78, 5) is 6.48. The van der Waals surface area contributed by atoms with Gasteiger partial charge in [0.15, 0.2) is 0 Å². The molecule has 1 aliphatic carbocycles. The minimum Gasteiger partial charge on any atom is -0.403 e. The number of allylic oxidation sites excluding steroid dienone is 2. The molecule has 0 aromatic carbocycles. The van der Waals surface area contributed by atoms with Gasteiger partial charge in [-0.25, -0.2) is 4.99 Å². The fraction of sp³-hybridized carbons (Fsp3) is 0.182. The number of fused-ring (bicyclic) bond motifs is 1. The Kier molecular flexibility index (Phi) is 2.00. The highest BCUT2D eigenvalue weighted by Gasteiger charge is 2.25. The summed E-state index contributed by atoms with van der Waals surface area (Å²) in [6, 6.07) is 0.195. The maximum absolute atomic E-state index is 5.53. The molecule has 0 radical (unpaired) electrons. The second kappa shape index (κ2) is 3.18. The van der Waals surface area contributed by atoms with Crippen LogP contribution in [0.2, 0.25) is 0 Å². The molecule has 2 rings (SSSR count). The van der Waals surface area contributed by atoms with Gasteiger partial charge in [-0.15, -0.1) is 0 Å². The molecule has 0 saturated carbocycles. The Morgan fingerprint density at radius 3 is 3.07 bits per heavy atom. The molecular formula is C11H13N3. The lowest BCUT2D eigenvalue weighted by molar-refractivity contribution is 0.413. The van der Waals surface area contributed by atoms with Crippen LogP contribution in [0.4, 0.5) is 0 Å². The average molecular weight is 187 g/mol. The molecule has 0 aromatic rings. The molecule has 0 fully saturated rings. The number of rotatable bonds is 0. The van der Waals surface area contributed by atoms with Crippen molar-refractivity contribution in [2.24, 2.45) is 10.7 Å². The standard InChI is InChI=1S/C11H13N3/c1-8-11(7-12)14(2)10-6-4-3-5-9(10)13-8/h3-7,10H,1,12H2,2H3/b11-7+/t10-/m0/s1. The van der Waals surface area contributed by atoms with Crippen LogP contribution < -0.4 is 5.73 Å². The molecule has 0 saturated heterocycles. The molecule has 1 aliphatic heterocycles. The second-order valence-corrected chi connectivity index (χ2v) is 3.34. The lowest BCUT2D eigenvalue weighted by Crippen LogP contribution is -2.40. The summed E-state index contributed by atoms with van der Waals surface area (Å²) in [5.74, 6) is 0. The summed E-state index contributed by atoms with van der Waals surface area (Å²) in [5, 5.41) is 0. The minimum atomic E-state index is 0.195. The van der Waals surface area contributed by atoms with E-state index >= 15 is 0 Å². The van der Waals surface area contributed by atoms with Gasteiger partial charge in [0.1, 0.15) is 0 Å². The molecule has 0 bridgehead atoms. The maximum Gasteiger partial charge on any atom is 0.0898 e. The number of aliphatic imine (C=N–C) groups is 1. The van der Waals surface area contributed by atoms with E-state index in [0.29, 0.717) is 0 Å². The molecule has 14 heavy (non-hydrogen) atoms. The highest BCUT2D eigenvalue weighted by molar-refractivity contribution is 6.03. The van der Waals surface area contributed by atoms with Crippen LogP contribution in [0.1, 0.15) is 0 Å². The van der Waals surface area contributed by atoms with E-state index in [9.17, 15) is 0 Å². The molecule has 3 heteroatoms. The van der Waals surface area contributed by atoms with Gasteiger partial charge in [-0.2, -0.15) is 0 Å². The van der Waals surface area contributed by atoms with Crippen molar-refractivity contribution in [1.82, 2.24) is 4.90 Å². The third-order valence-corrected chi connectivity index (χ3v) is 2.49. The maximum atomic E-state index is 5.53. The zero-order valence-electron chi connectivity index (χ0n) is 8.14. The number of likely N-dealkylation sites (N-methyl/N-ethyl adjacent to an activating group) is 1. The Morgan fingerprint density at radius 1 is 1.57 bits per heavy atom. The van der Waals surface area contributed by atoms with Crippen molar-refractivity contribution in [3.63, 3.8) is 0 Å². The molecule has 0 unspecified atom stereocenters. The topological polar surface area (TPSA) is 41.6 Å². The van der Waals surface area contributed by atoms with E-state index in [1.54, 1.807) is 6.20 Å². The first kappa shape index (κ1) is 8.81. The largest absolute Gasteiger partial charge is 0.403 e. The Balaban J connectivity index is 2.47. The van der Waals surface area contributed by atoms with Crippen LogP contribution >= 0.6 is 0 Å². The predicted octanol–water partition coefficient (Wildman–Crippen LogP) is 1.18. The van der Waals surface area contributed by atoms with Crippen molar-refractivity contribution >= 4 is 5.71 Å². The van der Waals surface area contributed by atoms with Crippen molar-refractivity contribution in [2.45, 2.75) is 6.04 Å².